The molecule has 134 valence electrons. The van der Waals surface area contributed by atoms with Crippen molar-refractivity contribution in [2.75, 3.05) is 13.1 Å². The summed E-state index contributed by atoms with van der Waals surface area (Å²) in [6.45, 7) is 4.78. The van der Waals surface area contributed by atoms with Gasteiger partial charge in [0.15, 0.2) is 0 Å². The molecule has 2 aromatic carbocycles. The molecule has 1 unspecified atom stereocenters. The van der Waals surface area contributed by atoms with E-state index in [4.69, 9.17) is 0 Å². The molecule has 0 aromatic heterocycles. The van der Waals surface area contributed by atoms with Crippen LogP contribution < -0.4 is 10.6 Å². The molecule has 2 aromatic rings. The van der Waals surface area contributed by atoms with Gasteiger partial charge in [-0.3, -0.25) is 4.79 Å². The fourth-order valence-corrected chi connectivity index (χ4v) is 2.67. The van der Waals surface area contributed by atoms with E-state index in [-0.39, 0.29) is 36.0 Å². The van der Waals surface area contributed by atoms with Gasteiger partial charge in [-0.05, 0) is 47.7 Å². The van der Waals surface area contributed by atoms with Crippen molar-refractivity contribution in [2.24, 2.45) is 5.92 Å². The second kappa shape index (κ2) is 9.28. The summed E-state index contributed by atoms with van der Waals surface area (Å²) < 4.78 is 25.9. The topological polar surface area (TPSA) is 41.1 Å². The second-order valence-corrected chi connectivity index (χ2v) is 6.38. The molecule has 25 heavy (non-hydrogen) atoms. The van der Waals surface area contributed by atoms with Crippen LogP contribution in [0.2, 0.25) is 0 Å². The Hall–Kier alpha value is -2.27. The minimum Gasteiger partial charge on any atom is -0.355 e. The van der Waals surface area contributed by atoms with Crippen LogP contribution in [0.25, 0.3) is 0 Å². The van der Waals surface area contributed by atoms with E-state index in [1.165, 1.54) is 24.3 Å². The molecular weight excluding hydrogens is 322 g/mol. The van der Waals surface area contributed by atoms with E-state index >= 15 is 0 Å². The van der Waals surface area contributed by atoms with E-state index in [1.54, 1.807) is 24.3 Å². The highest BCUT2D eigenvalue weighted by atomic mass is 19.1. The van der Waals surface area contributed by atoms with Crippen molar-refractivity contribution in [1.29, 1.82) is 0 Å². The van der Waals surface area contributed by atoms with Gasteiger partial charge < -0.3 is 10.6 Å². The minimum atomic E-state index is -0.273. The van der Waals surface area contributed by atoms with Gasteiger partial charge in [0.2, 0.25) is 5.91 Å². The SMILES string of the molecule is CC(C)C(NCC(=O)NCCc1ccc(F)cc1)c1ccc(F)cc1. The smallest absolute Gasteiger partial charge is 0.233 e. The molecule has 0 heterocycles. The lowest BCUT2D eigenvalue weighted by atomic mass is 9.96. The number of amides is 1. The number of nitrogens with one attached hydrogen (secondary N) is 2. The van der Waals surface area contributed by atoms with Crippen LogP contribution in [0, 0.1) is 17.6 Å². The molecule has 0 aliphatic rings. The van der Waals surface area contributed by atoms with E-state index in [0.29, 0.717) is 13.0 Å². The molecule has 5 heteroatoms. The first-order valence-corrected chi connectivity index (χ1v) is 8.45. The van der Waals surface area contributed by atoms with E-state index in [0.717, 1.165) is 11.1 Å². The molecule has 0 spiro atoms. The van der Waals surface area contributed by atoms with Crippen molar-refractivity contribution >= 4 is 5.91 Å². The lowest BCUT2D eigenvalue weighted by Crippen LogP contribution is -2.38. The average Bonchev–Trinajstić information content (AvgIpc) is 2.58. The molecule has 0 saturated carbocycles. The predicted octanol–water partition coefficient (Wildman–Crippen LogP) is 3.61. The summed E-state index contributed by atoms with van der Waals surface area (Å²) >= 11 is 0. The first kappa shape index (κ1) is 19.1. The van der Waals surface area contributed by atoms with Crippen LogP contribution in [0.5, 0.6) is 0 Å². The third-order valence-corrected chi connectivity index (χ3v) is 4.03. The molecule has 0 radical (unpaired) electrons. The molecule has 3 nitrogen and oxygen atoms in total. The Morgan fingerprint density at radius 1 is 0.960 bits per heavy atom. The van der Waals surface area contributed by atoms with Crippen molar-refractivity contribution in [1.82, 2.24) is 10.6 Å². The van der Waals surface area contributed by atoms with E-state index in [2.05, 4.69) is 10.6 Å². The van der Waals surface area contributed by atoms with Gasteiger partial charge in [-0.25, -0.2) is 8.78 Å². The summed E-state index contributed by atoms with van der Waals surface area (Å²) in [6, 6.07) is 12.5. The van der Waals surface area contributed by atoms with Crippen molar-refractivity contribution in [3.8, 4) is 0 Å². The molecule has 1 amide bonds. The Balaban J connectivity index is 1.78. The zero-order chi connectivity index (χ0) is 18.2. The van der Waals surface area contributed by atoms with Gasteiger partial charge in [-0.15, -0.1) is 0 Å². The van der Waals surface area contributed by atoms with E-state index < -0.39 is 0 Å². The quantitative estimate of drug-likeness (QED) is 0.767. The lowest BCUT2D eigenvalue weighted by Gasteiger charge is -2.22. The molecule has 2 N–H and O–H groups in total. The van der Waals surface area contributed by atoms with Crippen LogP contribution in [0.1, 0.15) is 31.0 Å². The standard InChI is InChI=1S/C20H24F2N2O/c1-14(2)20(16-5-9-18(22)10-6-16)24-13-19(25)23-12-11-15-3-7-17(21)8-4-15/h3-10,14,20,24H,11-13H2,1-2H3,(H,23,25). The monoisotopic (exact) mass is 346 g/mol. The van der Waals surface area contributed by atoms with E-state index in [1.807, 2.05) is 13.8 Å². The second-order valence-electron chi connectivity index (χ2n) is 6.38. The van der Waals surface area contributed by atoms with Crippen LogP contribution >= 0.6 is 0 Å². The van der Waals surface area contributed by atoms with Crippen molar-refractivity contribution in [2.45, 2.75) is 26.3 Å². The van der Waals surface area contributed by atoms with Crippen LogP contribution in [0.3, 0.4) is 0 Å². The van der Waals surface area contributed by atoms with Gasteiger partial charge in [0.05, 0.1) is 6.54 Å². The molecule has 1 atom stereocenters. The maximum Gasteiger partial charge on any atom is 0.233 e. The van der Waals surface area contributed by atoms with Crippen molar-refractivity contribution in [3.05, 3.63) is 71.3 Å². The van der Waals surface area contributed by atoms with Gasteiger partial charge in [-0.1, -0.05) is 38.1 Å². The Bertz CT molecular complexity index is 669. The predicted molar refractivity (Wildman–Crippen MR) is 95.1 cm³/mol. The first-order valence-electron chi connectivity index (χ1n) is 8.45. The molecular formula is C20H24F2N2O. The number of hydrogen-bond acceptors (Lipinski definition) is 2. The van der Waals surface area contributed by atoms with Gasteiger partial charge in [-0.2, -0.15) is 0 Å². The summed E-state index contributed by atoms with van der Waals surface area (Å²) in [5.74, 6) is -0.380. The Labute approximate surface area is 147 Å². The average molecular weight is 346 g/mol. The molecule has 0 aliphatic heterocycles. The van der Waals surface area contributed by atoms with Crippen LogP contribution in [0.15, 0.2) is 48.5 Å². The molecule has 0 bridgehead atoms. The maximum absolute atomic E-state index is 13.1. The summed E-state index contributed by atoms with van der Waals surface area (Å²) in [5.41, 5.74) is 1.93. The van der Waals surface area contributed by atoms with Crippen LogP contribution in [0.4, 0.5) is 8.78 Å². The third kappa shape index (κ3) is 6.27. The van der Waals surface area contributed by atoms with Crippen LogP contribution in [-0.4, -0.2) is 19.0 Å². The Morgan fingerprint density at radius 3 is 2.08 bits per heavy atom. The Morgan fingerprint density at radius 2 is 1.52 bits per heavy atom. The van der Waals surface area contributed by atoms with Crippen molar-refractivity contribution < 1.29 is 13.6 Å². The number of hydrogen-bond donors (Lipinski definition) is 2. The Kier molecular flexibility index (Phi) is 7.07. The van der Waals surface area contributed by atoms with Crippen LogP contribution in [-0.2, 0) is 11.2 Å². The van der Waals surface area contributed by atoms with Gasteiger partial charge in [0.1, 0.15) is 11.6 Å². The molecule has 0 fully saturated rings. The number of carbonyl (C=O) groups is 1. The van der Waals surface area contributed by atoms with Gasteiger partial charge in [0.25, 0.3) is 0 Å². The molecule has 2 rings (SSSR count). The highest BCUT2D eigenvalue weighted by Gasteiger charge is 2.16. The zero-order valence-corrected chi connectivity index (χ0v) is 14.6. The zero-order valence-electron chi connectivity index (χ0n) is 14.6. The highest BCUT2D eigenvalue weighted by molar-refractivity contribution is 5.78. The van der Waals surface area contributed by atoms with Gasteiger partial charge >= 0.3 is 0 Å². The molecule has 0 aliphatic carbocycles. The molecule has 0 saturated heterocycles. The number of rotatable bonds is 8. The number of benzene rings is 2. The largest absolute Gasteiger partial charge is 0.355 e. The fourth-order valence-electron chi connectivity index (χ4n) is 2.67. The summed E-state index contributed by atoms with van der Waals surface area (Å²) in [7, 11) is 0. The lowest BCUT2D eigenvalue weighted by molar-refractivity contribution is -0.120. The first-order chi connectivity index (χ1) is 12.0. The number of halogens is 2. The normalized spacial score (nSPS) is 12.2. The summed E-state index contributed by atoms with van der Waals surface area (Å²) in [5, 5.41) is 6.07. The summed E-state index contributed by atoms with van der Waals surface area (Å²) in [4.78, 5) is 12.0. The van der Waals surface area contributed by atoms with Crippen molar-refractivity contribution in [3.63, 3.8) is 0 Å². The third-order valence-electron chi connectivity index (χ3n) is 4.03. The number of carbonyl (C=O) groups excluding carboxylic acids is 1. The minimum absolute atomic E-state index is 0.0246. The van der Waals surface area contributed by atoms with E-state index in [9.17, 15) is 13.6 Å². The highest BCUT2D eigenvalue weighted by Crippen LogP contribution is 2.21. The summed E-state index contributed by atoms with van der Waals surface area (Å²) in [6.07, 6.45) is 0.650. The maximum atomic E-state index is 13.1. The fraction of sp³-hybridized carbons (Fsp3) is 0.350. The van der Waals surface area contributed by atoms with Gasteiger partial charge in [0, 0.05) is 12.6 Å².